The van der Waals surface area contributed by atoms with E-state index in [-0.39, 0.29) is 5.91 Å². The lowest BCUT2D eigenvalue weighted by atomic mass is 10.2. The smallest absolute Gasteiger partial charge is 0.243 e. The topological polar surface area (TPSA) is 38.3 Å². The Balaban J connectivity index is 2.38. The number of amides is 1. The summed E-state index contributed by atoms with van der Waals surface area (Å²) in [6.07, 6.45) is 7.69. The highest BCUT2D eigenvalue weighted by Crippen LogP contribution is 2.13. The molecule has 0 heterocycles. The van der Waals surface area contributed by atoms with Crippen LogP contribution in [0.5, 0.6) is 5.75 Å². The van der Waals surface area contributed by atoms with Gasteiger partial charge in [0.25, 0.3) is 0 Å². The molecule has 1 N–H and O–H groups in total. The summed E-state index contributed by atoms with van der Waals surface area (Å²) in [4.78, 5) is 11.5. The summed E-state index contributed by atoms with van der Waals surface area (Å²) in [5.74, 6) is 0.838. The molecule has 0 aliphatic heterocycles. The number of carbonyl (C=O) groups is 1. The van der Waals surface area contributed by atoms with Crippen molar-refractivity contribution in [3.05, 3.63) is 35.9 Å². The molecular formula is C17H25NO2. The van der Waals surface area contributed by atoms with Crippen molar-refractivity contribution >= 4 is 12.0 Å². The molecule has 3 heteroatoms. The first kappa shape index (κ1) is 16.3. The fourth-order valence-corrected chi connectivity index (χ4v) is 1.63. The maximum Gasteiger partial charge on any atom is 0.243 e. The van der Waals surface area contributed by atoms with E-state index in [2.05, 4.69) is 19.2 Å². The molecule has 1 amide bonds. The van der Waals surface area contributed by atoms with E-state index in [9.17, 15) is 4.79 Å². The quantitative estimate of drug-likeness (QED) is 0.550. The van der Waals surface area contributed by atoms with Gasteiger partial charge in [-0.1, -0.05) is 38.8 Å². The Morgan fingerprint density at radius 3 is 2.50 bits per heavy atom. The lowest BCUT2D eigenvalue weighted by Crippen LogP contribution is -2.21. The number of carbonyl (C=O) groups excluding carboxylic acids is 1. The van der Waals surface area contributed by atoms with Gasteiger partial charge in [0, 0.05) is 12.6 Å². The molecule has 0 radical (unpaired) electrons. The Morgan fingerprint density at radius 1 is 1.15 bits per heavy atom. The number of rotatable bonds is 9. The van der Waals surface area contributed by atoms with Crippen molar-refractivity contribution in [2.45, 2.75) is 39.5 Å². The molecule has 0 atom stereocenters. The Kier molecular flexibility index (Phi) is 8.20. The highest BCUT2D eigenvalue weighted by molar-refractivity contribution is 5.91. The van der Waals surface area contributed by atoms with Crippen molar-refractivity contribution in [1.29, 1.82) is 0 Å². The predicted octanol–water partition coefficient (Wildman–Crippen LogP) is 3.80. The number of unbranched alkanes of at least 4 members (excludes halogenated alkanes) is 2. The van der Waals surface area contributed by atoms with Crippen LogP contribution in [0.15, 0.2) is 30.3 Å². The highest BCUT2D eigenvalue weighted by atomic mass is 16.5. The summed E-state index contributed by atoms with van der Waals surface area (Å²) >= 11 is 0. The van der Waals surface area contributed by atoms with Gasteiger partial charge in [-0.15, -0.1) is 0 Å². The minimum Gasteiger partial charge on any atom is -0.494 e. The Morgan fingerprint density at radius 2 is 1.85 bits per heavy atom. The summed E-state index contributed by atoms with van der Waals surface area (Å²) in [6, 6.07) is 7.78. The van der Waals surface area contributed by atoms with E-state index in [0.717, 1.165) is 50.1 Å². The van der Waals surface area contributed by atoms with Crippen LogP contribution in [0.4, 0.5) is 0 Å². The van der Waals surface area contributed by atoms with E-state index in [1.54, 1.807) is 6.08 Å². The molecule has 0 aliphatic carbocycles. The Bertz CT molecular complexity index is 410. The molecule has 0 spiro atoms. The molecule has 0 bridgehead atoms. The maximum atomic E-state index is 11.5. The number of hydrogen-bond donors (Lipinski definition) is 1. The van der Waals surface area contributed by atoms with Gasteiger partial charge in [-0.3, -0.25) is 4.79 Å². The summed E-state index contributed by atoms with van der Waals surface area (Å²) in [5.41, 5.74) is 0.999. The summed E-state index contributed by atoms with van der Waals surface area (Å²) in [6.45, 7) is 5.74. The van der Waals surface area contributed by atoms with Gasteiger partial charge in [0.1, 0.15) is 5.75 Å². The molecule has 3 nitrogen and oxygen atoms in total. The van der Waals surface area contributed by atoms with Gasteiger partial charge in [0.15, 0.2) is 0 Å². The number of hydrogen-bond acceptors (Lipinski definition) is 2. The van der Waals surface area contributed by atoms with Crippen LogP contribution in [0.3, 0.4) is 0 Å². The van der Waals surface area contributed by atoms with Crippen LogP contribution in [-0.4, -0.2) is 19.1 Å². The second-order valence-electron chi connectivity index (χ2n) is 4.75. The first-order chi connectivity index (χ1) is 9.76. The van der Waals surface area contributed by atoms with Crippen LogP contribution < -0.4 is 10.1 Å². The van der Waals surface area contributed by atoms with Crippen LogP contribution >= 0.6 is 0 Å². The third kappa shape index (κ3) is 6.98. The van der Waals surface area contributed by atoms with Gasteiger partial charge >= 0.3 is 0 Å². The van der Waals surface area contributed by atoms with Gasteiger partial charge in [-0.2, -0.15) is 0 Å². The largest absolute Gasteiger partial charge is 0.494 e. The molecule has 0 saturated carbocycles. The molecule has 20 heavy (non-hydrogen) atoms. The van der Waals surface area contributed by atoms with Gasteiger partial charge < -0.3 is 10.1 Å². The van der Waals surface area contributed by atoms with Crippen LogP contribution in [-0.2, 0) is 4.79 Å². The molecule has 0 unspecified atom stereocenters. The summed E-state index contributed by atoms with van der Waals surface area (Å²) in [7, 11) is 0. The molecule has 0 aromatic heterocycles. The number of ether oxygens (including phenoxy) is 1. The molecule has 0 aliphatic rings. The van der Waals surface area contributed by atoms with Crippen molar-refractivity contribution in [2.24, 2.45) is 0 Å². The predicted molar refractivity (Wildman–Crippen MR) is 83.8 cm³/mol. The van der Waals surface area contributed by atoms with Crippen LogP contribution in [0.1, 0.15) is 45.1 Å². The molecule has 0 saturated heterocycles. The van der Waals surface area contributed by atoms with E-state index >= 15 is 0 Å². The van der Waals surface area contributed by atoms with Gasteiger partial charge in [-0.25, -0.2) is 0 Å². The second kappa shape index (κ2) is 10.1. The Hall–Kier alpha value is -1.77. The van der Waals surface area contributed by atoms with Crippen LogP contribution in [0.2, 0.25) is 0 Å². The van der Waals surface area contributed by atoms with E-state index in [0.29, 0.717) is 0 Å². The van der Waals surface area contributed by atoms with Crippen molar-refractivity contribution in [1.82, 2.24) is 5.32 Å². The van der Waals surface area contributed by atoms with Gasteiger partial charge in [-0.05, 0) is 36.6 Å². The maximum absolute atomic E-state index is 11.5. The molecule has 1 aromatic carbocycles. The van der Waals surface area contributed by atoms with Crippen molar-refractivity contribution in [3.63, 3.8) is 0 Å². The third-order valence-electron chi connectivity index (χ3n) is 2.90. The number of benzene rings is 1. The summed E-state index contributed by atoms with van der Waals surface area (Å²) < 4.78 is 5.59. The monoisotopic (exact) mass is 275 g/mol. The van der Waals surface area contributed by atoms with Crippen LogP contribution in [0, 0.1) is 0 Å². The first-order valence-electron chi connectivity index (χ1n) is 7.45. The fraction of sp³-hybridized carbons (Fsp3) is 0.471. The van der Waals surface area contributed by atoms with E-state index < -0.39 is 0 Å². The zero-order chi connectivity index (χ0) is 14.6. The fourth-order valence-electron chi connectivity index (χ4n) is 1.63. The average molecular weight is 275 g/mol. The lowest BCUT2D eigenvalue weighted by Gasteiger charge is -2.05. The zero-order valence-corrected chi connectivity index (χ0v) is 12.5. The molecule has 110 valence electrons. The van der Waals surface area contributed by atoms with Gasteiger partial charge in [0.05, 0.1) is 6.61 Å². The lowest BCUT2D eigenvalue weighted by molar-refractivity contribution is -0.116. The SMILES string of the molecule is CCCCNC(=O)/C=C/c1ccc(OCCCC)cc1. The van der Waals surface area contributed by atoms with Crippen LogP contribution in [0.25, 0.3) is 6.08 Å². The first-order valence-corrected chi connectivity index (χ1v) is 7.45. The van der Waals surface area contributed by atoms with E-state index in [4.69, 9.17) is 4.74 Å². The van der Waals surface area contributed by atoms with E-state index in [1.807, 2.05) is 30.3 Å². The standard InChI is InChI=1S/C17H25NO2/c1-3-5-13-18-17(19)12-9-15-7-10-16(11-8-15)20-14-6-4-2/h7-12H,3-6,13-14H2,1-2H3,(H,18,19)/b12-9+. The minimum atomic E-state index is -0.0401. The molecule has 1 rings (SSSR count). The van der Waals surface area contributed by atoms with E-state index in [1.165, 1.54) is 0 Å². The van der Waals surface area contributed by atoms with Crippen molar-refractivity contribution in [3.8, 4) is 5.75 Å². The summed E-state index contributed by atoms with van der Waals surface area (Å²) in [5, 5.41) is 2.85. The Labute approximate surface area is 122 Å². The minimum absolute atomic E-state index is 0.0401. The second-order valence-corrected chi connectivity index (χ2v) is 4.75. The molecule has 0 fully saturated rings. The zero-order valence-electron chi connectivity index (χ0n) is 12.5. The van der Waals surface area contributed by atoms with Gasteiger partial charge in [0.2, 0.25) is 5.91 Å². The molecular weight excluding hydrogens is 250 g/mol. The molecule has 1 aromatic rings. The average Bonchev–Trinajstić information content (AvgIpc) is 2.47. The normalized spacial score (nSPS) is 10.7. The highest BCUT2D eigenvalue weighted by Gasteiger charge is 1.95. The van der Waals surface area contributed by atoms with Crippen molar-refractivity contribution in [2.75, 3.05) is 13.2 Å². The number of nitrogens with one attached hydrogen (secondary N) is 1. The van der Waals surface area contributed by atoms with Crippen molar-refractivity contribution < 1.29 is 9.53 Å². The third-order valence-corrected chi connectivity index (χ3v) is 2.90.